The molecule has 0 saturated carbocycles. The zero-order valence-corrected chi connectivity index (χ0v) is 12.5. The summed E-state index contributed by atoms with van der Waals surface area (Å²) in [6.07, 6.45) is 0.715. The summed E-state index contributed by atoms with van der Waals surface area (Å²) in [6.45, 7) is 1.87. The molecule has 1 heterocycles. The molecule has 0 spiro atoms. The lowest BCUT2D eigenvalue weighted by Gasteiger charge is -2.14. The van der Waals surface area contributed by atoms with E-state index in [0.29, 0.717) is 22.3 Å². The maximum absolute atomic E-state index is 11.3. The summed E-state index contributed by atoms with van der Waals surface area (Å²) >= 11 is 0. The Kier molecular flexibility index (Phi) is 5.75. The van der Waals surface area contributed by atoms with Crippen LogP contribution in [-0.4, -0.2) is 40.9 Å². The number of pyridine rings is 1. The van der Waals surface area contributed by atoms with Crippen LogP contribution in [0, 0.1) is 0 Å². The predicted octanol–water partition coefficient (Wildman–Crippen LogP) is 2.16. The molecular weight excluding hydrogens is 296 g/mol. The fraction of sp³-hybridized carbons (Fsp3) is 0.286. The van der Waals surface area contributed by atoms with Gasteiger partial charge in [0.1, 0.15) is 11.3 Å². The second kappa shape index (κ2) is 7.10. The van der Waals surface area contributed by atoms with Crippen LogP contribution in [0.25, 0.3) is 10.9 Å². The van der Waals surface area contributed by atoms with Crippen molar-refractivity contribution in [2.24, 2.45) is 0 Å². The number of benzene rings is 1. The number of nitrogens with one attached hydrogen (secondary N) is 1. The van der Waals surface area contributed by atoms with Gasteiger partial charge in [0.25, 0.3) is 0 Å². The number of halogens is 1. The first kappa shape index (κ1) is 17.0. The molecule has 6 nitrogen and oxygen atoms in total. The first-order chi connectivity index (χ1) is 9.52. The molecule has 2 rings (SSSR count). The van der Waals surface area contributed by atoms with Crippen molar-refractivity contribution in [3.05, 3.63) is 30.0 Å². The Morgan fingerprint density at radius 1 is 1.48 bits per heavy atom. The van der Waals surface area contributed by atoms with Crippen molar-refractivity contribution in [3.63, 3.8) is 0 Å². The Morgan fingerprint density at radius 3 is 2.76 bits per heavy atom. The van der Waals surface area contributed by atoms with Gasteiger partial charge in [-0.1, -0.05) is 0 Å². The molecule has 2 aromatic rings. The fourth-order valence-corrected chi connectivity index (χ4v) is 1.90. The third-order valence-electron chi connectivity index (χ3n) is 2.88. The quantitative estimate of drug-likeness (QED) is 0.783. The molecule has 0 aliphatic carbocycles. The van der Waals surface area contributed by atoms with E-state index in [2.05, 4.69) is 10.3 Å². The fourth-order valence-electron chi connectivity index (χ4n) is 1.90. The van der Waals surface area contributed by atoms with Gasteiger partial charge in [0, 0.05) is 18.1 Å². The normalized spacial score (nSPS) is 11.6. The molecule has 1 aromatic heterocycles. The Morgan fingerprint density at radius 2 is 2.19 bits per heavy atom. The number of nitrogens with zero attached hydrogens (tertiary/aromatic N) is 1. The second-order valence-corrected chi connectivity index (χ2v) is 4.47. The van der Waals surface area contributed by atoms with Crippen molar-refractivity contribution < 1.29 is 19.7 Å². The van der Waals surface area contributed by atoms with Gasteiger partial charge in [-0.15, -0.1) is 12.4 Å². The van der Waals surface area contributed by atoms with E-state index in [1.807, 2.05) is 0 Å². The minimum atomic E-state index is -1.07. The maximum Gasteiger partial charge on any atom is 0.339 e. The van der Waals surface area contributed by atoms with E-state index in [4.69, 9.17) is 4.74 Å². The van der Waals surface area contributed by atoms with Gasteiger partial charge in [0.05, 0.1) is 24.4 Å². The van der Waals surface area contributed by atoms with Crippen molar-refractivity contribution in [2.45, 2.75) is 13.0 Å². The number of aliphatic hydroxyl groups excluding tert-OH is 1. The number of hydrogen-bond acceptors (Lipinski definition) is 5. The molecule has 0 amide bonds. The number of aromatic nitrogens is 1. The lowest BCUT2D eigenvalue weighted by molar-refractivity contribution is 0.0697. The summed E-state index contributed by atoms with van der Waals surface area (Å²) in [5.74, 6) is -0.461. The van der Waals surface area contributed by atoms with Crippen LogP contribution < -0.4 is 10.1 Å². The van der Waals surface area contributed by atoms with Gasteiger partial charge in [0.15, 0.2) is 0 Å². The molecule has 0 bridgehead atoms. The highest BCUT2D eigenvalue weighted by atomic mass is 35.5. The SMILES string of the molecule is COc1ccc2ncc(C(=O)O)c(NCC(C)O)c2c1.Cl. The summed E-state index contributed by atoms with van der Waals surface area (Å²) in [7, 11) is 1.54. The Bertz CT molecular complexity index is 646. The van der Waals surface area contributed by atoms with Crippen molar-refractivity contribution >= 4 is 35.0 Å². The third-order valence-corrected chi connectivity index (χ3v) is 2.88. The van der Waals surface area contributed by atoms with E-state index in [9.17, 15) is 15.0 Å². The second-order valence-electron chi connectivity index (χ2n) is 4.47. The standard InChI is InChI=1S/C14H16N2O4.ClH/c1-8(17)6-16-13-10-5-9(20-2)3-4-12(10)15-7-11(13)14(18)19;/h3-5,7-8,17H,6H2,1-2H3,(H,15,16)(H,18,19);1H. The van der Waals surface area contributed by atoms with E-state index in [-0.39, 0.29) is 24.5 Å². The van der Waals surface area contributed by atoms with Crippen LogP contribution in [0.4, 0.5) is 5.69 Å². The van der Waals surface area contributed by atoms with Gasteiger partial charge in [0.2, 0.25) is 0 Å². The zero-order chi connectivity index (χ0) is 14.7. The van der Waals surface area contributed by atoms with Crippen molar-refractivity contribution in [3.8, 4) is 5.75 Å². The molecule has 0 aliphatic rings. The zero-order valence-electron chi connectivity index (χ0n) is 11.7. The molecule has 0 saturated heterocycles. The number of carboxylic acids is 1. The van der Waals surface area contributed by atoms with E-state index >= 15 is 0 Å². The van der Waals surface area contributed by atoms with Crippen LogP contribution in [0.5, 0.6) is 5.75 Å². The number of carboxylic acid groups (broad SMARTS) is 1. The van der Waals surface area contributed by atoms with Crippen LogP contribution >= 0.6 is 12.4 Å². The number of aromatic carboxylic acids is 1. The number of anilines is 1. The summed E-state index contributed by atoms with van der Waals surface area (Å²) in [5.41, 5.74) is 1.15. The Hall–Kier alpha value is -2.05. The van der Waals surface area contributed by atoms with E-state index in [0.717, 1.165) is 0 Å². The van der Waals surface area contributed by atoms with Gasteiger partial charge >= 0.3 is 5.97 Å². The molecule has 0 aliphatic heterocycles. The molecule has 3 N–H and O–H groups in total. The molecular formula is C14H17ClN2O4. The van der Waals surface area contributed by atoms with Gasteiger partial charge in [-0.2, -0.15) is 0 Å². The van der Waals surface area contributed by atoms with E-state index in [1.54, 1.807) is 32.2 Å². The van der Waals surface area contributed by atoms with E-state index in [1.165, 1.54) is 6.20 Å². The predicted molar refractivity (Wildman–Crippen MR) is 82.7 cm³/mol. The lowest BCUT2D eigenvalue weighted by Crippen LogP contribution is -2.17. The molecule has 0 fully saturated rings. The molecule has 1 unspecified atom stereocenters. The van der Waals surface area contributed by atoms with E-state index < -0.39 is 12.1 Å². The minimum Gasteiger partial charge on any atom is -0.497 e. The first-order valence-electron chi connectivity index (χ1n) is 6.15. The summed E-state index contributed by atoms with van der Waals surface area (Å²) in [4.78, 5) is 15.4. The van der Waals surface area contributed by atoms with Crippen molar-refractivity contribution in [1.29, 1.82) is 0 Å². The van der Waals surface area contributed by atoms with Crippen LogP contribution in [0.3, 0.4) is 0 Å². The van der Waals surface area contributed by atoms with Crippen molar-refractivity contribution in [1.82, 2.24) is 4.98 Å². The highest BCUT2D eigenvalue weighted by molar-refractivity contribution is 6.04. The minimum absolute atomic E-state index is 0. The lowest BCUT2D eigenvalue weighted by atomic mass is 10.1. The third kappa shape index (κ3) is 3.74. The smallest absolute Gasteiger partial charge is 0.339 e. The van der Waals surface area contributed by atoms with Gasteiger partial charge in [-0.3, -0.25) is 4.98 Å². The van der Waals surface area contributed by atoms with Crippen LogP contribution in [0.1, 0.15) is 17.3 Å². The van der Waals surface area contributed by atoms with Gasteiger partial charge in [-0.25, -0.2) is 4.79 Å². The van der Waals surface area contributed by atoms with Crippen LogP contribution in [-0.2, 0) is 0 Å². The number of ether oxygens (including phenoxy) is 1. The number of methoxy groups -OCH3 is 1. The topological polar surface area (TPSA) is 91.7 Å². The maximum atomic E-state index is 11.3. The average Bonchev–Trinajstić information content (AvgIpc) is 2.43. The summed E-state index contributed by atoms with van der Waals surface area (Å²) in [5, 5.41) is 22.2. The molecule has 1 aromatic carbocycles. The highest BCUT2D eigenvalue weighted by Gasteiger charge is 2.15. The molecule has 0 radical (unpaired) electrons. The Labute approximate surface area is 128 Å². The first-order valence-corrected chi connectivity index (χ1v) is 6.15. The monoisotopic (exact) mass is 312 g/mol. The summed E-state index contributed by atoms with van der Waals surface area (Å²) < 4.78 is 5.15. The van der Waals surface area contributed by atoms with Crippen LogP contribution in [0.15, 0.2) is 24.4 Å². The molecule has 114 valence electrons. The van der Waals surface area contributed by atoms with Gasteiger partial charge < -0.3 is 20.3 Å². The number of fused-ring (bicyclic) bond motifs is 1. The molecule has 21 heavy (non-hydrogen) atoms. The molecule has 1 atom stereocenters. The van der Waals surface area contributed by atoms with Crippen molar-refractivity contribution in [2.75, 3.05) is 19.0 Å². The largest absolute Gasteiger partial charge is 0.497 e. The number of rotatable bonds is 5. The molecule has 7 heteroatoms. The highest BCUT2D eigenvalue weighted by Crippen LogP contribution is 2.29. The number of aliphatic hydroxyl groups is 1. The van der Waals surface area contributed by atoms with Crippen LogP contribution in [0.2, 0.25) is 0 Å². The number of hydrogen-bond donors (Lipinski definition) is 3. The summed E-state index contributed by atoms with van der Waals surface area (Å²) in [6, 6.07) is 5.24. The van der Waals surface area contributed by atoms with Gasteiger partial charge in [-0.05, 0) is 25.1 Å². The average molecular weight is 313 g/mol. The number of carbonyl (C=O) groups is 1. The Balaban J connectivity index is 0.00000220.